The lowest BCUT2D eigenvalue weighted by Crippen LogP contribution is -2.51. The van der Waals surface area contributed by atoms with Gasteiger partial charge in [-0.15, -0.1) is 0 Å². The molecule has 0 aromatic carbocycles. The van der Waals surface area contributed by atoms with Gasteiger partial charge in [0.1, 0.15) is 0 Å². The molecule has 1 unspecified atom stereocenters. The highest BCUT2D eigenvalue weighted by Crippen LogP contribution is 2.23. The first kappa shape index (κ1) is 15.0. The van der Waals surface area contributed by atoms with Crippen molar-refractivity contribution in [3.05, 3.63) is 22.4 Å². The summed E-state index contributed by atoms with van der Waals surface area (Å²) in [5, 5.41) is 8.28. The molecule has 1 aliphatic rings. The fourth-order valence-corrected chi connectivity index (χ4v) is 3.76. The number of hydrogen-bond donors (Lipinski definition) is 1. The number of rotatable bonds is 5. The molecule has 0 bridgehead atoms. The Morgan fingerprint density at radius 1 is 1.42 bits per heavy atom. The first-order chi connectivity index (χ1) is 9.19. The first-order valence-corrected chi connectivity index (χ1v) is 8.63. The van der Waals surface area contributed by atoms with Crippen LogP contribution in [0.3, 0.4) is 0 Å². The van der Waals surface area contributed by atoms with Gasteiger partial charge < -0.3 is 5.32 Å². The molecule has 1 saturated heterocycles. The summed E-state index contributed by atoms with van der Waals surface area (Å²) in [7, 11) is 0. The molecule has 0 saturated carbocycles. The zero-order chi connectivity index (χ0) is 13.7. The summed E-state index contributed by atoms with van der Waals surface area (Å²) < 4.78 is 0. The molecule has 0 spiro atoms. The molecule has 0 aliphatic carbocycles. The average molecular weight is 280 g/mol. The van der Waals surface area contributed by atoms with E-state index in [9.17, 15) is 0 Å². The molecule has 19 heavy (non-hydrogen) atoms. The minimum absolute atomic E-state index is 0.333. The van der Waals surface area contributed by atoms with Gasteiger partial charge in [0, 0.05) is 24.7 Å². The average Bonchev–Trinajstić information content (AvgIpc) is 2.89. The summed E-state index contributed by atoms with van der Waals surface area (Å²) in [6, 6.07) is 2.96. The molecule has 108 valence electrons. The highest BCUT2D eigenvalue weighted by molar-refractivity contribution is 7.07. The number of hydrogen-bond acceptors (Lipinski definition) is 3. The summed E-state index contributed by atoms with van der Waals surface area (Å²) in [4.78, 5) is 2.70. The van der Waals surface area contributed by atoms with Crippen LogP contribution in [0.5, 0.6) is 0 Å². The molecule has 3 heteroatoms. The van der Waals surface area contributed by atoms with E-state index in [1.807, 2.05) is 11.3 Å². The molecule has 1 aromatic rings. The molecule has 1 aromatic heterocycles. The standard InChI is InChI=1S/C16H28N2S/c1-4-16(5-2)13-18(14(3)6-9-17-16)10-7-15-8-11-19-12-15/h8,11-12,14,17H,4-7,9-10,13H2,1-3H3. The van der Waals surface area contributed by atoms with Crippen molar-refractivity contribution in [1.82, 2.24) is 10.2 Å². The predicted molar refractivity (Wildman–Crippen MR) is 85.0 cm³/mol. The predicted octanol–water partition coefficient (Wildman–Crippen LogP) is 3.53. The summed E-state index contributed by atoms with van der Waals surface area (Å²) in [6.07, 6.45) is 4.92. The topological polar surface area (TPSA) is 15.3 Å². The fraction of sp³-hybridized carbons (Fsp3) is 0.750. The SMILES string of the molecule is CCC1(CC)CN(CCc2ccsc2)C(C)CCN1. The maximum absolute atomic E-state index is 3.81. The molecule has 0 radical (unpaired) electrons. The van der Waals surface area contributed by atoms with Crippen molar-refractivity contribution >= 4 is 11.3 Å². The molecule has 2 heterocycles. The second kappa shape index (κ2) is 6.87. The van der Waals surface area contributed by atoms with Crippen molar-refractivity contribution in [1.29, 1.82) is 0 Å². The van der Waals surface area contributed by atoms with E-state index < -0.39 is 0 Å². The molecular weight excluding hydrogens is 252 g/mol. The van der Waals surface area contributed by atoms with Crippen molar-refractivity contribution in [2.24, 2.45) is 0 Å². The van der Waals surface area contributed by atoms with Crippen LogP contribution < -0.4 is 5.32 Å². The lowest BCUT2D eigenvalue weighted by atomic mass is 9.92. The van der Waals surface area contributed by atoms with E-state index in [0.29, 0.717) is 11.6 Å². The molecule has 2 rings (SSSR count). The van der Waals surface area contributed by atoms with Gasteiger partial charge in [0.25, 0.3) is 0 Å². The van der Waals surface area contributed by atoms with E-state index in [0.717, 1.165) is 6.54 Å². The lowest BCUT2D eigenvalue weighted by molar-refractivity contribution is 0.161. The molecule has 1 aliphatic heterocycles. The highest BCUT2D eigenvalue weighted by Gasteiger charge is 2.32. The smallest absolute Gasteiger partial charge is 0.0303 e. The molecule has 2 nitrogen and oxygen atoms in total. The first-order valence-electron chi connectivity index (χ1n) is 7.69. The second-order valence-electron chi connectivity index (χ2n) is 5.90. The van der Waals surface area contributed by atoms with Crippen molar-refractivity contribution in [3.8, 4) is 0 Å². The Labute approximate surface area is 122 Å². The minimum atomic E-state index is 0.333. The third kappa shape index (κ3) is 3.80. The van der Waals surface area contributed by atoms with Gasteiger partial charge in [-0.25, -0.2) is 0 Å². The van der Waals surface area contributed by atoms with Gasteiger partial charge >= 0.3 is 0 Å². The van der Waals surface area contributed by atoms with Gasteiger partial charge in [-0.3, -0.25) is 4.90 Å². The third-order valence-corrected chi connectivity index (χ3v) is 5.54. The Kier molecular flexibility index (Phi) is 5.43. The Morgan fingerprint density at radius 3 is 2.84 bits per heavy atom. The summed E-state index contributed by atoms with van der Waals surface area (Å²) >= 11 is 1.81. The van der Waals surface area contributed by atoms with Crippen LogP contribution in [0.25, 0.3) is 0 Å². The van der Waals surface area contributed by atoms with Crippen LogP contribution in [-0.2, 0) is 6.42 Å². The molecular formula is C16H28N2S. The van der Waals surface area contributed by atoms with Crippen LogP contribution in [-0.4, -0.2) is 36.1 Å². The van der Waals surface area contributed by atoms with Crippen LogP contribution in [0.4, 0.5) is 0 Å². The van der Waals surface area contributed by atoms with Gasteiger partial charge in [-0.05, 0) is 61.5 Å². The number of thiophene rings is 1. The number of nitrogens with one attached hydrogen (secondary N) is 1. The Hall–Kier alpha value is -0.380. The zero-order valence-electron chi connectivity index (χ0n) is 12.6. The van der Waals surface area contributed by atoms with Crippen LogP contribution in [0.15, 0.2) is 16.8 Å². The highest BCUT2D eigenvalue weighted by atomic mass is 32.1. The normalized spacial score (nSPS) is 24.3. The molecule has 1 atom stereocenters. The van der Waals surface area contributed by atoms with Crippen molar-refractivity contribution < 1.29 is 0 Å². The Morgan fingerprint density at radius 2 is 2.21 bits per heavy atom. The largest absolute Gasteiger partial charge is 0.310 e. The van der Waals surface area contributed by atoms with Crippen LogP contribution in [0.2, 0.25) is 0 Å². The van der Waals surface area contributed by atoms with Gasteiger partial charge in [0.15, 0.2) is 0 Å². The van der Waals surface area contributed by atoms with E-state index in [4.69, 9.17) is 0 Å². The van der Waals surface area contributed by atoms with E-state index in [2.05, 4.69) is 47.8 Å². The maximum Gasteiger partial charge on any atom is 0.0303 e. The Bertz CT molecular complexity index is 357. The van der Waals surface area contributed by atoms with E-state index in [1.165, 1.54) is 44.3 Å². The fourth-order valence-electron chi connectivity index (χ4n) is 3.06. The van der Waals surface area contributed by atoms with E-state index in [1.54, 1.807) is 0 Å². The van der Waals surface area contributed by atoms with Crippen molar-refractivity contribution in [2.75, 3.05) is 19.6 Å². The molecule has 1 N–H and O–H groups in total. The van der Waals surface area contributed by atoms with Crippen LogP contribution in [0, 0.1) is 0 Å². The summed E-state index contributed by atoms with van der Waals surface area (Å²) in [5.41, 5.74) is 1.83. The van der Waals surface area contributed by atoms with Gasteiger partial charge in [-0.1, -0.05) is 13.8 Å². The van der Waals surface area contributed by atoms with Gasteiger partial charge in [0.2, 0.25) is 0 Å². The van der Waals surface area contributed by atoms with Gasteiger partial charge in [-0.2, -0.15) is 11.3 Å². The quantitative estimate of drug-likeness (QED) is 0.887. The van der Waals surface area contributed by atoms with Crippen molar-refractivity contribution in [2.45, 2.75) is 58.0 Å². The molecule has 1 fully saturated rings. The van der Waals surface area contributed by atoms with Gasteiger partial charge in [0.05, 0.1) is 0 Å². The lowest BCUT2D eigenvalue weighted by Gasteiger charge is -2.37. The Balaban J connectivity index is 1.99. The third-order valence-electron chi connectivity index (χ3n) is 4.81. The summed E-state index contributed by atoms with van der Waals surface area (Å²) in [5.74, 6) is 0. The minimum Gasteiger partial charge on any atom is -0.310 e. The maximum atomic E-state index is 3.81. The van der Waals surface area contributed by atoms with E-state index in [-0.39, 0.29) is 0 Å². The van der Waals surface area contributed by atoms with Crippen molar-refractivity contribution in [3.63, 3.8) is 0 Å². The number of nitrogens with zero attached hydrogens (tertiary/aromatic N) is 1. The van der Waals surface area contributed by atoms with Crippen LogP contribution in [0.1, 0.15) is 45.6 Å². The summed E-state index contributed by atoms with van der Waals surface area (Å²) in [6.45, 7) is 10.6. The van der Waals surface area contributed by atoms with Crippen LogP contribution >= 0.6 is 11.3 Å². The van der Waals surface area contributed by atoms with E-state index >= 15 is 0 Å². The monoisotopic (exact) mass is 280 g/mol. The molecule has 0 amide bonds. The second-order valence-corrected chi connectivity index (χ2v) is 6.68. The zero-order valence-corrected chi connectivity index (χ0v) is 13.4.